The number of rotatable bonds is 13. The van der Waals surface area contributed by atoms with Gasteiger partial charge >= 0.3 is 0 Å². The fourth-order valence-corrected chi connectivity index (χ4v) is 13.4. The van der Waals surface area contributed by atoms with Gasteiger partial charge in [-0.15, -0.1) is 0 Å². The molecule has 0 atom stereocenters. The summed E-state index contributed by atoms with van der Waals surface area (Å²) in [4.78, 5) is 15.1. The normalized spacial score (nSPS) is 18.1. The maximum absolute atomic E-state index is 15.0. The second-order valence-corrected chi connectivity index (χ2v) is 21.7. The van der Waals surface area contributed by atoms with Gasteiger partial charge in [0.1, 0.15) is 11.6 Å². The van der Waals surface area contributed by atoms with Gasteiger partial charge in [0, 0.05) is 51.7 Å². The van der Waals surface area contributed by atoms with Crippen molar-refractivity contribution < 1.29 is 8.78 Å². The van der Waals surface area contributed by atoms with Crippen molar-refractivity contribution in [2.75, 3.05) is 0 Å². The molecular formula is C69H63F2N3. The Kier molecular flexibility index (Phi) is 13.4. The molecule has 0 spiro atoms. The van der Waals surface area contributed by atoms with Crippen LogP contribution in [0.4, 0.5) is 8.78 Å². The number of aromatic nitrogens is 3. The Balaban J connectivity index is 0.957. The van der Waals surface area contributed by atoms with Gasteiger partial charge in [0.15, 0.2) is 0 Å². The quantitative estimate of drug-likeness (QED) is 0.116. The molecule has 3 heterocycles. The van der Waals surface area contributed by atoms with Crippen LogP contribution in [-0.4, -0.2) is 15.0 Å². The largest absolute Gasteiger partial charge is 0.256 e. The van der Waals surface area contributed by atoms with Gasteiger partial charge in [0.05, 0.1) is 17.1 Å². The topological polar surface area (TPSA) is 38.7 Å². The molecule has 0 N–H and O–H groups in total. The second-order valence-electron chi connectivity index (χ2n) is 21.7. The van der Waals surface area contributed by atoms with Crippen molar-refractivity contribution in [1.82, 2.24) is 15.0 Å². The number of nitrogens with zero attached hydrogens (tertiary/aromatic N) is 3. The first kappa shape index (κ1) is 47.6. The van der Waals surface area contributed by atoms with E-state index in [4.69, 9.17) is 15.0 Å². The van der Waals surface area contributed by atoms with Crippen LogP contribution in [0.2, 0.25) is 0 Å². The van der Waals surface area contributed by atoms with Crippen molar-refractivity contribution in [3.05, 3.63) is 246 Å². The van der Waals surface area contributed by atoms with Crippen LogP contribution < -0.4 is 0 Å². The van der Waals surface area contributed by atoms with E-state index in [9.17, 15) is 8.78 Å². The third-order valence-corrected chi connectivity index (χ3v) is 17.3. The lowest BCUT2D eigenvalue weighted by molar-refractivity contribution is 0.397. The molecule has 3 aliphatic rings. The van der Waals surface area contributed by atoms with Crippen molar-refractivity contribution in [1.29, 1.82) is 0 Å². The molecule has 3 aliphatic carbocycles. The Morgan fingerprint density at radius 1 is 0.378 bits per heavy atom. The minimum Gasteiger partial charge on any atom is -0.256 e. The van der Waals surface area contributed by atoms with E-state index in [1.807, 2.05) is 48.8 Å². The van der Waals surface area contributed by atoms with Crippen molar-refractivity contribution in [2.24, 2.45) is 0 Å². The van der Waals surface area contributed by atoms with Crippen molar-refractivity contribution in [3.63, 3.8) is 0 Å². The molecule has 74 heavy (non-hydrogen) atoms. The summed E-state index contributed by atoms with van der Waals surface area (Å²) in [5.74, 6) is 0.476. The highest BCUT2D eigenvalue weighted by molar-refractivity contribution is 5.86. The Morgan fingerprint density at radius 2 is 0.838 bits per heavy atom. The van der Waals surface area contributed by atoms with Crippen LogP contribution in [0, 0.1) is 11.6 Å². The monoisotopic (exact) mass is 971 g/mol. The zero-order valence-electron chi connectivity index (χ0n) is 42.2. The molecule has 0 bridgehead atoms. The van der Waals surface area contributed by atoms with Gasteiger partial charge in [-0.3, -0.25) is 15.0 Å². The van der Waals surface area contributed by atoms with Crippen LogP contribution in [0.15, 0.2) is 201 Å². The molecule has 3 saturated carbocycles. The molecule has 3 nitrogen and oxygen atoms in total. The summed E-state index contributed by atoms with van der Waals surface area (Å²) in [6, 6.07) is 62.9. The molecule has 0 radical (unpaired) electrons. The predicted molar refractivity (Wildman–Crippen MR) is 298 cm³/mol. The Hall–Kier alpha value is -7.37. The highest BCUT2D eigenvalue weighted by atomic mass is 19.1. The maximum atomic E-state index is 15.0. The van der Waals surface area contributed by atoms with Crippen LogP contribution in [0.1, 0.15) is 122 Å². The van der Waals surface area contributed by atoms with Crippen molar-refractivity contribution in [2.45, 2.75) is 113 Å². The van der Waals surface area contributed by atoms with Crippen LogP contribution >= 0.6 is 0 Å². The molecule has 12 rings (SSSR count). The first-order valence-electron chi connectivity index (χ1n) is 27.2. The molecule has 0 aliphatic heterocycles. The summed E-state index contributed by atoms with van der Waals surface area (Å²) in [5.41, 5.74) is 17.2. The zero-order valence-corrected chi connectivity index (χ0v) is 42.2. The number of hydrogen-bond donors (Lipinski definition) is 0. The Labute approximate surface area is 435 Å². The highest BCUT2D eigenvalue weighted by Crippen LogP contribution is 2.49. The molecule has 368 valence electrons. The van der Waals surface area contributed by atoms with Crippen molar-refractivity contribution in [3.8, 4) is 56.0 Å². The van der Waals surface area contributed by atoms with Gasteiger partial charge in [0.2, 0.25) is 0 Å². The highest BCUT2D eigenvalue weighted by Gasteiger charge is 2.39. The minimum absolute atomic E-state index is 0.101. The fraction of sp³-hybridized carbons (Fsp3) is 0.261. The van der Waals surface area contributed by atoms with Crippen LogP contribution in [-0.2, 0) is 23.7 Å². The van der Waals surface area contributed by atoms with Crippen molar-refractivity contribution >= 4 is 0 Å². The molecule has 3 fully saturated rings. The first-order chi connectivity index (χ1) is 36.4. The zero-order chi connectivity index (χ0) is 49.9. The maximum Gasteiger partial charge on any atom is 0.132 e. The van der Waals surface area contributed by atoms with Gasteiger partial charge in [0.25, 0.3) is 0 Å². The fourth-order valence-electron chi connectivity index (χ4n) is 13.4. The minimum atomic E-state index is -0.254. The van der Waals surface area contributed by atoms with E-state index >= 15 is 0 Å². The van der Waals surface area contributed by atoms with E-state index in [2.05, 4.69) is 128 Å². The third kappa shape index (κ3) is 9.65. The average molecular weight is 972 g/mol. The van der Waals surface area contributed by atoms with Crippen LogP contribution in [0.3, 0.4) is 0 Å². The number of benzene rings is 6. The molecule has 0 saturated heterocycles. The summed E-state index contributed by atoms with van der Waals surface area (Å²) in [5, 5.41) is 0. The molecule has 0 amide bonds. The summed E-state index contributed by atoms with van der Waals surface area (Å²) in [7, 11) is 0. The summed E-state index contributed by atoms with van der Waals surface area (Å²) in [6.07, 6.45) is 21.5. The number of pyridine rings is 3. The Morgan fingerprint density at radius 3 is 1.35 bits per heavy atom. The SMILES string of the molecule is Fc1ccccc1-c1ccc(C2(Cc3cc(CC4(c5ccc(-c6ccccc6F)nc5)CCCC4)cc(-c4ccccc4-c4cnc(-c5ccccc5)cc4C4CCC(c5ccccc5)CC4)c3)CCCC2)cn1. The summed E-state index contributed by atoms with van der Waals surface area (Å²) in [6.45, 7) is 0. The number of halogens is 2. The molecule has 6 aromatic carbocycles. The van der Waals surface area contributed by atoms with E-state index in [1.165, 1.54) is 67.8 Å². The molecule has 0 unspecified atom stereocenters. The Bertz CT molecular complexity index is 3240. The van der Waals surface area contributed by atoms with E-state index in [0.717, 1.165) is 101 Å². The van der Waals surface area contributed by atoms with Crippen LogP contribution in [0.5, 0.6) is 0 Å². The average Bonchev–Trinajstić information content (AvgIpc) is 4.16. The van der Waals surface area contributed by atoms with E-state index < -0.39 is 0 Å². The van der Waals surface area contributed by atoms with Gasteiger partial charge in [-0.2, -0.15) is 0 Å². The smallest absolute Gasteiger partial charge is 0.132 e. The molecule has 5 heteroatoms. The first-order valence-corrected chi connectivity index (χ1v) is 27.2. The van der Waals surface area contributed by atoms with Gasteiger partial charge in [-0.05, 0) is 169 Å². The van der Waals surface area contributed by atoms with Crippen LogP contribution in [0.25, 0.3) is 56.0 Å². The van der Waals surface area contributed by atoms with Gasteiger partial charge in [-0.25, -0.2) is 8.78 Å². The van der Waals surface area contributed by atoms with E-state index in [-0.39, 0.29) is 22.5 Å². The summed E-state index contributed by atoms with van der Waals surface area (Å²) >= 11 is 0. The third-order valence-electron chi connectivity index (χ3n) is 17.3. The van der Waals surface area contributed by atoms with Gasteiger partial charge < -0.3 is 0 Å². The second kappa shape index (κ2) is 20.9. The lowest BCUT2D eigenvalue weighted by Crippen LogP contribution is -2.27. The number of hydrogen-bond acceptors (Lipinski definition) is 3. The molecule has 3 aromatic heterocycles. The lowest BCUT2D eigenvalue weighted by atomic mass is 9.72. The summed E-state index contributed by atoms with van der Waals surface area (Å²) < 4.78 is 30.0. The molecular weight excluding hydrogens is 909 g/mol. The standard InChI is InChI=1S/C69H63F2N3/c70-63-25-11-9-23-59(63)65-33-31-55(45-72-65)68(35-13-14-36-68)43-48-39-49(44-69(37-15-16-38-69)56-32-34-66(73-46-56)60-24-10-12-26-64(60)71)41-54(40-48)57-21-7-8-22-58(57)62-47-74-67(53-19-5-2-6-20-53)42-61(62)52-29-27-51(28-30-52)50-17-3-1-4-18-50/h1-12,17-26,31-34,39-42,45-47,51-52H,13-16,27-30,35-38,43-44H2. The van der Waals surface area contributed by atoms with E-state index in [1.54, 1.807) is 12.1 Å². The lowest BCUT2D eigenvalue weighted by Gasteiger charge is -2.32. The molecule has 9 aromatic rings. The van der Waals surface area contributed by atoms with E-state index in [0.29, 0.717) is 34.4 Å². The predicted octanol–water partition coefficient (Wildman–Crippen LogP) is 18.0. The van der Waals surface area contributed by atoms with Gasteiger partial charge in [-0.1, -0.05) is 165 Å².